The molecular weight excluding hydrogens is 458 g/mol. The summed E-state index contributed by atoms with van der Waals surface area (Å²) in [6, 6.07) is 18.8. The number of aliphatic imine (C=N–C) groups is 1. The lowest BCUT2D eigenvalue weighted by molar-refractivity contribution is -0.274. The highest BCUT2D eigenvalue weighted by atomic mass is 35.5. The van der Waals surface area contributed by atoms with Gasteiger partial charge in [-0.3, -0.25) is 4.99 Å². The second kappa shape index (κ2) is 9.23. The summed E-state index contributed by atoms with van der Waals surface area (Å²) in [5.41, 5.74) is 5.24. The molecule has 0 radical (unpaired) electrons. The number of halogens is 5. The van der Waals surface area contributed by atoms with E-state index in [1.807, 2.05) is 48.6 Å². The number of ether oxygens (including phenoxy) is 1. The molecule has 0 saturated carbocycles. The fourth-order valence-corrected chi connectivity index (χ4v) is 3.75. The van der Waals surface area contributed by atoms with Gasteiger partial charge in [0.15, 0.2) is 0 Å². The third kappa shape index (κ3) is 5.61. The van der Waals surface area contributed by atoms with Gasteiger partial charge in [0, 0.05) is 22.7 Å². The van der Waals surface area contributed by atoms with Crippen LogP contribution in [0.25, 0.3) is 22.9 Å². The van der Waals surface area contributed by atoms with E-state index in [4.69, 9.17) is 23.2 Å². The Balaban J connectivity index is 1.42. The monoisotopic (exact) mass is 473 g/mol. The molecule has 0 unspecified atom stereocenters. The molecule has 1 aliphatic heterocycles. The van der Waals surface area contributed by atoms with Crippen molar-refractivity contribution in [2.75, 3.05) is 0 Å². The maximum Gasteiger partial charge on any atom is 0.573 e. The standard InChI is InChI=1S/C25H16Cl2F3NO/c26-19-8-13-22(23(27)15-19)24-14-10-20(31-24)9-3-16-1-4-17(5-2-16)18-6-11-21(12-7-18)32-25(28,29)30/h1-9,11-15H,10H2/b9-3+. The summed E-state index contributed by atoms with van der Waals surface area (Å²) >= 11 is 12.2. The molecule has 3 aromatic rings. The predicted molar refractivity (Wildman–Crippen MR) is 124 cm³/mol. The van der Waals surface area contributed by atoms with E-state index < -0.39 is 6.36 Å². The Kier molecular flexibility index (Phi) is 6.40. The number of allylic oxidation sites excluding steroid dienone is 2. The van der Waals surface area contributed by atoms with E-state index in [1.54, 1.807) is 24.3 Å². The Labute approximate surface area is 193 Å². The number of hydrogen-bond acceptors (Lipinski definition) is 2. The van der Waals surface area contributed by atoms with E-state index in [2.05, 4.69) is 9.73 Å². The van der Waals surface area contributed by atoms with Crippen molar-refractivity contribution in [1.29, 1.82) is 0 Å². The van der Waals surface area contributed by atoms with Crippen LogP contribution in [0.4, 0.5) is 13.2 Å². The lowest BCUT2D eigenvalue weighted by Crippen LogP contribution is -2.16. The van der Waals surface area contributed by atoms with Gasteiger partial charge >= 0.3 is 6.36 Å². The van der Waals surface area contributed by atoms with Gasteiger partial charge in [0.1, 0.15) is 5.75 Å². The molecule has 0 atom stereocenters. The molecule has 7 heteroatoms. The topological polar surface area (TPSA) is 21.6 Å². The zero-order chi connectivity index (χ0) is 22.7. The van der Waals surface area contributed by atoms with E-state index in [0.29, 0.717) is 16.5 Å². The van der Waals surface area contributed by atoms with Gasteiger partial charge in [-0.1, -0.05) is 71.8 Å². The van der Waals surface area contributed by atoms with Crippen LogP contribution in [0.2, 0.25) is 10.0 Å². The van der Waals surface area contributed by atoms with Crippen molar-refractivity contribution in [2.24, 2.45) is 4.99 Å². The van der Waals surface area contributed by atoms with E-state index in [1.165, 1.54) is 12.1 Å². The van der Waals surface area contributed by atoms with Crippen molar-refractivity contribution in [3.63, 3.8) is 0 Å². The zero-order valence-electron chi connectivity index (χ0n) is 16.5. The van der Waals surface area contributed by atoms with Crippen LogP contribution in [0.3, 0.4) is 0 Å². The largest absolute Gasteiger partial charge is 0.573 e. The molecule has 0 aromatic heterocycles. The molecule has 0 N–H and O–H groups in total. The molecule has 32 heavy (non-hydrogen) atoms. The van der Waals surface area contributed by atoms with Crippen LogP contribution in [-0.2, 0) is 0 Å². The van der Waals surface area contributed by atoms with Gasteiger partial charge in [-0.25, -0.2) is 0 Å². The van der Waals surface area contributed by atoms with Crippen LogP contribution in [0, 0.1) is 0 Å². The Morgan fingerprint density at radius 3 is 2.12 bits per heavy atom. The minimum Gasteiger partial charge on any atom is -0.406 e. The highest BCUT2D eigenvalue weighted by Gasteiger charge is 2.30. The predicted octanol–water partition coefficient (Wildman–Crippen LogP) is 8.46. The number of nitrogens with zero attached hydrogens (tertiary/aromatic N) is 1. The molecular formula is C25H16Cl2F3NO. The summed E-state index contributed by atoms with van der Waals surface area (Å²) in [5.74, 6) is -0.244. The molecule has 1 aliphatic rings. The van der Waals surface area contributed by atoms with Gasteiger partial charge in [0.25, 0.3) is 0 Å². The van der Waals surface area contributed by atoms with Gasteiger partial charge in [-0.05, 0) is 53.1 Å². The van der Waals surface area contributed by atoms with Crippen molar-refractivity contribution in [3.05, 3.63) is 100 Å². The summed E-state index contributed by atoms with van der Waals surface area (Å²) in [6.45, 7) is 0. The molecule has 0 spiro atoms. The molecule has 0 bridgehead atoms. The molecule has 0 aliphatic carbocycles. The van der Waals surface area contributed by atoms with Crippen LogP contribution in [0.15, 0.2) is 83.9 Å². The van der Waals surface area contributed by atoms with Crippen LogP contribution in [0.1, 0.15) is 17.5 Å². The van der Waals surface area contributed by atoms with Crippen LogP contribution < -0.4 is 4.74 Å². The molecule has 1 heterocycles. The molecule has 4 rings (SSSR count). The molecule has 0 saturated heterocycles. The van der Waals surface area contributed by atoms with Gasteiger partial charge < -0.3 is 4.74 Å². The summed E-state index contributed by atoms with van der Waals surface area (Å²) in [7, 11) is 0. The smallest absolute Gasteiger partial charge is 0.406 e. The molecule has 2 nitrogen and oxygen atoms in total. The van der Waals surface area contributed by atoms with Gasteiger partial charge in [0.2, 0.25) is 0 Å². The fourth-order valence-electron chi connectivity index (χ4n) is 3.25. The maximum atomic E-state index is 12.3. The summed E-state index contributed by atoms with van der Waals surface area (Å²) in [4.78, 5) is 4.63. The van der Waals surface area contributed by atoms with Crippen molar-refractivity contribution in [2.45, 2.75) is 12.8 Å². The first-order valence-corrected chi connectivity index (χ1v) is 10.4. The average Bonchev–Trinajstić information content (AvgIpc) is 3.21. The highest BCUT2D eigenvalue weighted by molar-refractivity contribution is 6.35. The second-order valence-corrected chi connectivity index (χ2v) is 7.89. The summed E-state index contributed by atoms with van der Waals surface area (Å²) in [5, 5.41) is 1.14. The van der Waals surface area contributed by atoms with E-state index in [-0.39, 0.29) is 5.75 Å². The van der Waals surface area contributed by atoms with E-state index in [9.17, 15) is 13.2 Å². The Bertz CT molecular complexity index is 1210. The summed E-state index contributed by atoms with van der Waals surface area (Å²) < 4.78 is 40.8. The first kappa shape index (κ1) is 22.2. The van der Waals surface area contributed by atoms with Gasteiger partial charge in [-0.15, -0.1) is 13.2 Å². The first-order chi connectivity index (χ1) is 15.3. The Morgan fingerprint density at radius 2 is 1.50 bits per heavy atom. The lowest BCUT2D eigenvalue weighted by Gasteiger charge is -2.09. The quantitative estimate of drug-likeness (QED) is 0.364. The van der Waals surface area contributed by atoms with Gasteiger partial charge in [-0.2, -0.15) is 0 Å². The van der Waals surface area contributed by atoms with Crippen molar-refractivity contribution in [3.8, 4) is 16.9 Å². The number of hydrogen-bond donors (Lipinski definition) is 0. The number of rotatable bonds is 5. The highest BCUT2D eigenvalue weighted by Crippen LogP contribution is 2.31. The van der Waals surface area contributed by atoms with Gasteiger partial charge in [0.05, 0.1) is 10.7 Å². The van der Waals surface area contributed by atoms with Crippen molar-refractivity contribution in [1.82, 2.24) is 0 Å². The second-order valence-electron chi connectivity index (χ2n) is 7.05. The van der Waals surface area contributed by atoms with E-state index in [0.717, 1.165) is 33.7 Å². The van der Waals surface area contributed by atoms with Crippen LogP contribution >= 0.6 is 23.2 Å². The maximum absolute atomic E-state index is 12.3. The fraction of sp³-hybridized carbons (Fsp3) is 0.0800. The summed E-state index contributed by atoms with van der Waals surface area (Å²) in [6.07, 6.45) is 1.93. The van der Waals surface area contributed by atoms with Crippen LogP contribution in [0.5, 0.6) is 5.75 Å². The Morgan fingerprint density at radius 1 is 0.844 bits per heavy atom. The van der Waals surface area contributed by atoms with Crippen LogP contribution in [-0.4, -0.2) is 12.1 Å². The molecule has 0 amide bonds. The normalized spacial score (nSPS) is 13.9. The van der Waals surface area contributed by atoms with E-state index >= 15 is 0 Å². The minimum atomic E-state index is -4.70. The SMILES string of the molecule is FC(F)(F)Oc1ccc(-c2ccc(/C=C/C3=NC(c4ccc(Cl)cc4Cl)=CC3)cc2)cc1. The Hall–Kier alpha value is -3.02. The van der Waals surface area contributed by atoms with Crippen molar-refractivity contribution < 1.29 is 17.9 Å². The average molecular weight is 474 g/mol. The molecule has 3 aromatic carbocycles. The number of benzene rings is 3. The third-order valence-corrected chi connectivity index (χ3v) is 5.32. The molecule has 162 valence electrons. The zero-order valence-corrected chi connectivity index (χ0v) is 18.0. The van der Waals surface area contributed by atoms with Crippen molar-refractivity contribution >= 4 is 40.7 Å². The first-order valence-electron chi connectivity index (χ1n) is 9.64. The molecule has 0 fully saturated rings. The number of alkyl halides is 3. The minimum absolute atomic E-state index is 0.244. The third-order valence-electron chi connectivity index (χ3n) is 4.78. The lowest BCUT2D eigenvalue weighted by atomic mass is 10.0.